The van der Waals surface area contributed by atoms with Crippen LogP contribution < -0.4 is 15.0 Å². The zero-order valence-electron chi connectivity index (χ0n) is 20.0. The number of nitrogens with one attached hydrogen (secondary N) is 1. The van der Waals surface area contributed by atoms with Crippen molar-refractivity contribution in [2.45, 2.75) is 32.2 Å². The summed E-state index contributed by atoms with van der Waals surface area (Å²) < 4.78 is 45.0. The summed E-state index contributed by atoms with van der Waals surface area (Å²) in [4.78, 5) is 17.0. The summed E-state index contributed by atoms with van der Waals surface area (Å²) >= 11 is 0. The molecule has 1 amide bonds. The maximum Gasteiger partial charge on any atom is 0.416 e. The summed E-state index contributed by atoms with van der Waals surface area (Å²) in [5.41, 5.74) is 2.69. The van der Waals surface area contributed by atoms with Gasteiger partial charge in [0, 0.05) is 37.5 Å². The Morgan fingerprint density at radius 1 is 1.14 bits per heavy atom. The van der Waals surface area contributed by atoms with Crippen LogP contribution in [0.5, 0.6) is 5.75 Å². The number of amides is 1. The Labute approximate surface area is 202 Å². The number of ether oxygens (including phenoxy) is 1. The van der Waals surface area contributed by atoms with E-state index in [1.807, 2.05) is 50.2 Å². The minimum absolute atomic E-state index is 0.0417. The Morgan fingerprint density at radius 3 is 2.40 bits per heavy atom. The molecule has 0 aliphatic carbocycles. The van der Waals surface area contributed by atoms with Gasteiger partial charge >= 0.3 is 6.18 Å². The van der Waals surface area contributed by atoms with E-state index >= 15 is 0 Å². The number of methoxy groups -OCH3 is 1. The average Bonchev–Trinajstić information content (AvgIpc) is 3.31. The number of hydrogen-bond acceptors (Lipinski definition) is 5. The van der Waals surface area contributed by atoms with Crippen molar-refractivity contribution in [3.05, 3.63) is 70.3 Å². The molecule has 0 aromatic heterocycles. The fourth-order valence-corrected chi connectivity index (χ4v) is 4.48. The lowest BCUT2D eigenvalue weighted by Gasteiger charge is -2.28. The molecule has 1 unspecified atom stereocenters. The molecule has 35 heavy (non-hydrogen) atoms. The van der Waals surface area contributed by atoms with Crippen LogP contribution in [0.1, 0.15) is 36.5 Å². The minimum atomic E-state index is -4.54. The van der Waals surface area contributed by atoms with Crippen molar-refractivity contribution in [2.75, 3.05) is 32.6 Å². The molecular formula is C26H28F3N3O3. The van der Waals surface area contributed by atoms with Crippen LogP contribution in [0.25, 0.3) is 11.4 Å². The zero-order chi connectivity index (χ0) is 25.5. The molecule has 2 N–H and O–H groups in total. The molecule has 1 atom stereocenters. The van der Waals surface area contributed by atoms with Gasteiger partial charge in [-0.1, -0.05) is 25.5 Å². The lowest BCUT2D eigenvalue weighted by molar-refractivity contribution is -0.137. The van der Waals surface area contributed by atoms with Gasteiger partial charge in [0.15, 0.2) is 6.23 Å². The van der Waals surface area contributed by atoms with Crippen molar-refractivity contribution >= 4 is 23.0 Å². The Morgan fingerprint density at radius 2 is 1.83 bits per heavy atom. The van der Waals surface area contributed by atoms with Crippen LogP contribution in [-0.2, 0) is 11.0 Å². The van der Waals surface area contributed by atoms with Gasteiger partial charge in [-0.25, -0.2) is 0 Å². The molecule has 6 nitrogen and oxygen atoms in total. The van der Waals surface area contributed by atoms with Crippen LogP contribution in [0.15, 0.2) is 53.6 Å². The second kappa shape index (κ2) is 9.30. The van der Waals surface area contributed by atoms with Crippen LogP contribution in [0.4, 0.5) is 18.9 Å². The largest absolute Gasteiger partial charge is 0.496 e. The molecule has 2 aromatic rings. The number of anilines is 1. The number of aliphatic hydroxyl groups is 1. The predicted octanol–water partition coefficient (Wildman–Crippen LogP) is 4.47. The number of carbonyl (C=O) groups excluding carboxylic acids is 1. The van der Waals surface area contributed by atoms with Gasteiger partial charge in [0.05, 0.1) is 29.6 Å². The molecule has 2 aliphatic rings. The number of halogens is 3. The van der Waals surface area contributed by atoms with Gasteiger partial charge in [-0.05, 0) is 42.3 Å². The number of hydrogen-bond donors (Lipinski definition) is 2. The number of benzene rings is 2. The molecule has 2 aliphatic heterocycles. The average molecular weight is 488 g/mol. The van der Waals surface area contributed by atoms with Crippen LogP contribution in [0.3, 0.4) is 0 Å². The monoisotopic (exact) mass is 487 g/mol. The highest BCUT2D eigenvalue weighted by molar-refractivity contribution is 6.17. The highest BCUT2D eigenvalue weighted by Crippen LogP contribution is 2.46. The van der Waals surface area contributed by atoms with Crippen molar-refractivity contribution in [1.29, 1.82) is 0 Å². The molecule has 0 radical (unpaired) electrons. The molecular weight excluding hydrogens is 459 g/mol. The van der Waals surface area contributed by atoms with Gasteiger partial charge in [-0.3, -0.25) is 4.79 Å². The maximum atomic E-state index is 13.2. The van der Waals surface area contributed by atoms with Crippen molar-refractivity contribution < 1.29 is 27.8 Å². The first-order valence-electron chi connectivity index (χ1n) is 11.4. The van der Waals surface area contributed by atoms with E-state index < -0.39 is 23.9 Å². The molecule has 2 aromatic carbocycles. The standard InChI is InChI=1S/C26H28F3N3O3/c1-5-6-13-32-23(15-7-10-17(11-8-15)31(2)3)21-20(25(32)34)22(30-24(21)33)18-12-9-16(26(27,28)29)14-19(18)35-4/h7-12,14,25,34H,5-6,13H2,1-4H3,(H,30,33). The lowest BCUT2D eigenvalue weighted by Crippen LogP contribution is -2.32. The molecule has 186 valence electrons. The van der Waals surface area contributed by atoms with Crippen molar-refractivity contribution in [2.24, 2.45) is 0 Å². The predicted molar refractivity (Wildman–Crippen MR) is 128 cm³/mol. The van der Waals surface area contributed by atoms with E-state index in [1.165, 1.54) is 13.2 Å². The van der Waals surface area contributed by atoms with Gasteiger partial charge in [-0.2, -0.15) is 13.2 Å². The molecule has 9 heteroatoms. The first-order chi connectivity index (χ1) is 16.6. The smallest absolute Gasteiger partial charge is 0.416 e. The Balaban J connectivity index is 1.89. The number of nitrogens with zero attached hydrogens (tertiary/aromatic N) is 2. The Hall–Kier alpha value is -3.46. The first kappa shape index (κ1) is 24.7. The summed E-state index contributed by atoms with van der Waals surface area (Å²) in [5.74, 6) is -0.457. The normalized spacial score (nSPS) is 17.8. The third-order valence-corrected chi connectivity index (χ3v) is 6.29. The van der Waals surface area contributed by atoms with Gasteiger partial charge in [0.2, 0.25) is 0 Å². The number of alkyl halides is 3. The number of aliphatic hydroxyl groups excluding tert-OH is 1. The molecule has 0 spiro atoms. The van der Waals surface area contributed by atoms with E-state index in [1.54, 1.807) is 4.90 Å². The van der Waals surface area contributed by atoms with Gasteiger partial charge in [-0.15, -0.1) is 0 Å². The number of rotatable bonds is 7. The van der Waals surface area contributed by atoms with Gasteiger partial charge < -0.3 is 25.0 Å². The topological polar surface area (TPSA) is 65.0 Å². The highest BCUT2D eigenvalue weighted by atomic mass is 19.4. The van der Waals surface area contributed by atoms with Gasteiger partial charge in [0.1, 0.15) is 5.75 Å². The van der Waals surface area contributed by atoms with E-state index in [2.05, 4.69) is 5.32 Å². The number of fused-ring (bicyclic) bond motifs is 1. The van der Waals surface area contributed by atoms with Gasteiger partial charge in [0.25, 0.3) is 5.91 Å². The van der Waals surface area contributed by atoms with Crippen molar-refractivity contribution in [3.8, 4) is 5.75 Å². The van der Waals surface area contributed by atoms with E-state index in [9.17, 15) is 23.1 Å². The van der Waals surface area contributed by atoms with E-state index in [0.717, 1.165) is 36.2 Å². The van der Waals surface area contributed by atoms with Crippen LogP contribution >= 0.6 is 0 Å². The van der Waals surface area contributed by atoms with E-state index in [-0.39, 0.29) is 17.0 Å². The first-order valence-corrected chi connectivity index (χ1v) is 11.4. The fraction of sp³-hybridized carbons (Fsp3) is 0.346. The van der Waals surface area contributed by atoms with Crippen molar-refractivity contribution in [1.82, 2.24) is 10.2 Å². The zero-order valence-corrected chi connectivity index (χ0v) is 20.0. The Bertz CT molecular complexity index is 1200. The van der Waals surface area contributed by atoms with Crippen LogP contribution in [-0.4, -0.2) is 49.9 Å². The molecule has 0 saturated carbocycles. The fourth-order valence-electron chi connectivity index (χ4n) is 4.48. The molecule has 0 bridgehead atoms. The SMILES string of the molecule is CCCCN1C(c2ccc(N(C)C)cc2)=C2C(=O)NC(c3ccc(C(F)(F)F)cc3OC)=C2C1O. The molecule has 2 heterocycles. The summed E-state index contributed by atoms with van der Waals surface area (Å²) in [6.45, 7) is 2.55. The second-order valence-electron chi connectivity index (χ2n) is 8.74. The molecule has 4 rings (SSSR count). The number of carbonyl (C=O) groups is 1. The lowest BCUT2D eigenvalue weighted by atomic mass is 10.00. The maximum absolute atomic E-state index is 13.2. The summed E-state index contributed by atoms with van der Waals surface area (Å²) in [6.07, 6.45) is -4.00. The molecule has 0 fully saturated rings. The highest BCUT2D eigenvalue weighted by Gasteiger charge is 2.45. The van der Waals surface area contributed by atoms with Crippen LogP contribution in [0, 0.1) is 0 Å². The van der Waals surface area contributed by atoms with Crippen LogP contribution in [0.2, 0.25) is 0 Å². The molecule has 0 saturated heterocycles. The number of unbranched alkanes of at least 4 members (excludes halogenated alkanes) is 1. The van der Waals surface area contributed by atoms with Crippen molar-refractivity contribution in [3.63, 3.8) is 0 Å². The quantitative estimate of drug-likeness (QED) is 0.604. The summed E-state index contributed by atoms with van der Waals surface area (Å²) in [7, 11) is 5.13. The summed E-state index contributed by atoms with van der Waals surface area (Å²) in [5, 5.41) is 14.1. The third kappa shape index (κ3) is 4.36. The minimum Gasteiger partial charge on any atom is -0.496 e. The summed E-state index contributed by atoms with van der Waals surface area (Å²) in [6, 6.07) is 10.8. The van der Waals surface area contributed by atoms with E-state index in [0.29, 0.717) is 23.4 Å². The second-order valence-corrected chi connectivity index (χ2v) is 8.74. The Kier molecular flexibility index (Phi) is 6.55. The van der Waals surface area contributed by atoms with E-state index in [4.69, 9.17) is 4.74 Å². The third-order valence-electron chi connectivity index (χ3n) is 6.29.